The van der Waals surface area contributed by atoms with Gasteiger partial charge in [-0.3, -0.25) is 14.4 Å². The number of nitrogens with zero attached hydrogens (tertiary/aromatic N) is 1. The molecule has 1 N–H and O–H groups in total. The highest BCUT2D eigenvalue weighted by Gasteiger charge is 2.39. The molecule has 1 saturated heterocycles. The lowest BCUT2D eigenvalue weighted by atomic mass is 9.94. The fourth-order valence-corrected chi connectivity index (χ4v) is 3.76. The van der Waals surface area contributed by atoms with E-state index in [1.54, 1.807) is 7.05 Å². The van der Waals surface area contributed by atoms with E-state index in [-0.39, 0.29) is 48.1 Å². The molecule has 0 unspecified atom stereocenters. The molecule has 8 nitrogen and oxygen atoms in total. The van der Waals surface area contributed by atoms with E-state index in [9.17, 15) is 27.6 Å². The highest BCUT2D eigenvalue weighted by atomic mass is 19.4. The Morgan fingerprint density at radius 2 is 2.03 bits per heavy atom. The maximum atomic E-state index is 13.0. The van der Waals surface area contributed by atoms with Crippen LogP contribution in [-0.2, 0) is 19.1 Å². The number of ether oxygens (including phenoxy) is 3. The average molecular weight is 444 g/mol. The number of amides is 2. The van der Waals surface area contributed by atoms with Crippen LogP contribution in [0.1, 0.15) is 36.0 Å². The number of benzene rings is 1. The maximum absolute atomic E-state index is 13.0. The summed E-state index contributed by atoms with van der Waals surface area (Å²) in [7, 11) is 2.91. The average Bonchev–Trinajstić information content (AvgIpc) is 2.69. The molecule has 11 heteroatoms. The molecule has 170 valence electrons. The molecular formula is C20H23F3N2O6. The summed E-state index contributed by atoms with van der Waals surface area (Å²) in [6, 6.07) is 3.77. The van der Waals surface area contributed by atoms with Crippen molar-refractivity contribution in [1.29, 1.82) is 0 Å². The Morgan fingerprint density at radius 3 is 2.71 bits per heavy atom. The van der Waals surface area contributed by atoms with Crippen molar-refractivity contribution in [1.82, 2.24) is 4.90 Å². The number of carbonyl (C=O) groups excluding carboxylic acids is 3. The highest BCUT2D eigenvalue weighted by Crippen LogP contribution is 2.32. The molecule has 1 fully saturated rings. The van der Waals surface area contributed by atoms with Crippen molar-refractivity contribution in [2.24, 2.45) is 0 Å². The van der Waals surface area contributed by atoms with Crippen LogP contribution in [-0.4, -0.2) is 67.9 Å². The number of halogens is 3. The van der Waals surface area contributed by atoms with E-state index in [4.69, 9.17) is 9.47 Å². The Morgan fingerprint density at radius 1 is 1.29 bits per heavy atom. The van der Waals surface area contributed by atoms with Crippen LogP contribution < -0.4 is 10.1 Å². The third-order valence-electron chi connectivity index (χ3n) is 5.28. The van der Waals surface area contributed by atoms with Crippen LogP contribution in [0.25, 0.3) is 0 Å². The summed E-state index contributed by atoms with van der Waals surface area (Å²) in [6.45, 7) is 0.118. The molecule has 0 bridgehead atoms. The second-order valence-electron chi connectivity index (χ2n) is 7.50. The van der Waals surface area contributed by atoms with Crippen molar-refractivity contribution < 1.29 is 41.8 Å². The first-order valence-electron chi connectivity index (χ1n) is 9.70. The number of nitrogens with one attached hydrogen (secondary N) is 1. The van der Waals surface area contributed by atoms with Crippen LogP contribution in [0, 0.1) is 0 Å². The van der Waals surface area contributed by atoms with Crippen LogP contribution in [0.2, 0.25) is 0 Å². The Hall–Kier alpha value is -2.82. The van der Waals surface area contributed by atoms with Gasteiger partial charge in [-0.15, -0.1) is 0 Å². The van der Waals surface area contributed by atoms with Crippen molar-refractivity contribution in [3.63, 3.8) is 0 Å². The molecule has 0 aromatic heterocycles. The van der Waals surface area contributed by atoms with Crippen molar-refractivity contribution in [2.45, 2.75) is 50.1 Å². The number of likely N-dealkylation sites (N-methyl/N-ethyl adjacent to an activating group) is 1. The van der Waals surface area contributed by atoms with E-state index in [1.165, 1.54) is 30.2 Å². The smallest absolute Gasteiger partial charge is 0.397 e. The maximum Gasteiger partial charge on any atom is 0.397 e. The topological polar surface area (TPSA) is 94.2 Å². The first kappa shape index (κ1) is 22.9. The van der Waals surface area contributed by atoms with Crippen molar-refractivity contribution in [3.05, 3.63) is 23.8 Å². The zero-order valence-electron chi connectivity index (χ0n) is 17.0. The molecule has 0 radical (unpaired) electrons. The standard InChI is InChI=1S/C20H23F3N2O6/c1-25-14-5-4-12(8-18(27)29-2)31-16(14)10-30-15-6-3-11(7-13(15)19(25)28)24-17(26)9-20(21,22)23/h3,6-7,12,14,16H,4-5,8-10H2,1-2H3,(H,24,26)/t12-,14-,16+/m1/s1. The summed E-state index contributed by atoms with van der Waals surface area (Å²) in [5, 5.41) is 2.15. The third kappa shape index (κ3) is 5.66. The minimum Gasteiger partial charge on any atom is -0.490 e. The van der Waals surface area contributed by atoms with Gasteiger partial charge in [-0.2, -0.15) is 13.2 Å². The molecular weight excluding hydrogens is 421 g/mol. The summed E-state index contributed by atoms with van der Waals surface area (Å²) in [5.41, 5.74) is 0.191. The molecule has 0 aliphatic carbocycles. The number of methoxy groups -OCH3 is 1. The molecule has 3 rings (SSSR count). The molecule has 0 spiro atoms. The van der Waals surface area contributed by atoms with Gasteiger partial charge in [0, 0.05) is 12.7 Å². The number of alkyl halides is 3. The van der Waals surface area contributed by atoms with Gasteiger partial charge in [-0.1, -0.05) is 0 Å². The number of carbonyl (C=O) groups is 3. The summed E-state index contributed by atoms with van der Waals surface area (Å²) in [4.78, 5) is 37.7. The largest absolute Gasteiger partial charge is 0.490 e. The van der Waals surface area contributed by atoms with Gasteiger partial charge in [0.2, 0.25) is 5.91 Å². The van der Waals surface area contributed by atoms with Gasteiger partial charge in [0.15, 0.2) is 0 Å². The number of fused-ring (bicyclic) bond motifs is 2. The Labute approximate surface area is 176 Å². The van der Waals surface area contributed by atoms with Gasteiger partial charge >= 0.3 is 12.1 Å². The van der Waals surface area contributed by atoms with Gasteiger partial charge in [0.1, 0.15) is 24.9 Å². The van der Waals surface area contributed by atoms with Crippen molar-refractivity contribution >= 4 is 23.5 Å². The van der Waals surface area contributed by atoms with E-state index in [0.29, 0.717) is 12.8 Å². The van der Waals surface area contributed by atoms with E-state index >= 15 is 0 Å². The number of hydrogen-bond acceptors (Lipinski definition) is 6. The van der Waals surface area contributed by atoms with E-state index in [2.05, 4.69) is 10.1 Å². The van der Waals surface area contributed by atoms with E-state index < -0.39 is 30.5 Å². The fraction of sp³-hybridized carbons (Fsp3) is 0.550. The van der Waals surface area contributed by atoms with Crippen LogP contribution in [0.15, 0.2) is 18.2 Å². The zero-order valence-corrected chi connectivity index (χ0v) is 17.0. The number of anilines is 1. The summed E-state index contributed by atoms with van der Waals surface area (Å²) in [5.74, 6) is -1.79. The Bertz CT molecular complexity index is 860. The van der Waals surface area contributed by atoms with Gasteiger partial charge in [-0.25, -0.2) is 0 Å². The number of rotatable bonds is 4. The van der Waals surface area contributed by atoms with Crippen LogP contribution in [0.4, 0.5) is 18.9 Å². The summed E-state index contributed by atoms with van der Waals surface area (Å²) in [6.07, 6.45) is -5.82. The van der Waals surface area contributed by atoms with E-state index in [1.807, 2.05) is 0 Å². The van der Waals surface area contributed by atoms with Crippen molar-refractivity contribution in [3.8, 4) is 5.75 Å². The number of hydrogen-bond donors (Lipinski definition) is 1. The second-order valence-corrected chi connectivity index (χ2v) is 7.50. The third-order valence-corrected chi connectivity index (χ3v) is 5.28. The first-order valence-corrected chi connectivity index (χ1v) is 9.70. The second kappa shape index (κ2) is 9.13. The van der Waals surface area contributed by atoms with Gasteiger partial charge in [0.05, 0.1) is 31.2 Å². The monoisotopic (exact) mass is 444 g/mol. The minimum absolute atomic E-state index is 0.0634. The van der Waals surface area contributed by atoms with Crippen molar-refractivity contribution in [2.75, 3.05) is 26.1 Å². The molecule has 2 amide bonds. The fourth-order valence-electron chi connectivity index (χ4n) is 3.76. The predicted octanol–water partition coefficient (Wildman–Crippen LogP) is 2.52. The lowest BCUT2D eigenvalue weighted by Crippen LogP contribution is -2.53. The van der Waals surface area contributed by atoms with Gasteiger partial charge in [0.25, 0.3) is 5.91 Å². The minimum atomic E-state index is -4.63. The lowest BCUT2D eigenvalue weighted by molar-refractivity contribution is -0.152. The molecule has 0 saturated carbocycles. The molecule has 2 aliphatic heterocycles. The normalized spacial score (nSPS) is 23.6. The predicted molar refractivity (Wildman–Crippen MR) is 102 cm³/mol. The summed E-state index contributed by atoms with van der Waals surface area (Å²) >= 11 is 0. The van der Waals surface area contributed by atoms with E-state index in [0.717, 1.165) is 0 Å². The molecule has 2 heterocycles. The lowest BCUT2D eigenvalue weighted by Gasteiger charge is -2.42. The molecule has 1 aromatic rings. The van der Waals surface area contributed by atoms with Gasteiger partial charge in [-0.05, 0) is 31.0 Å². The quantitative estimate of drug-likeness (QED) is 0.718. The molecule has 3 atom stereocenters. The Kier molecular flexibility index (Phi) is 6.73. The van der Waals surface area contributed by atoms with Crippen LogP contribution >= 0.6 is 0 Å². The molecule has 31 heavy (non-hydrogen) atoms. The highest BCUT2D eigenvalue weighted by molar-refractivity contribution is 5.99. The van der Waals surface area contributed by atoms with Crippen LogP contribution in [0.3, 0.4) is 0 Å². The first-order chi connectivity index (χ1) is 14.6. The van der Waals surface area contributed by atoms with Crippen LogP contribution in [0.5, 0.6) is 5.75 Å². The molecule has 1 aromatic carbocycles. The molecule has 2 aliphatic rings. The Balaban J connectivity index is 1.76. The van der Waals surface area contributed by atoms with Gasteiger partial charge < -0.3 is 24.4 Å². The SMILES string of the molecule is COC(=O)C[C@H]1CC[C@@H]2[C@H](COc3ccc(NC(=O)CC(F)(F)F)cc3C(=O)N2C)O1. The summed E-state index contributed by atoms with van der Waals surface area (Å²) < 4.78 is 53.6. The zero-order chi connectivity index (χ0) is 22.8. The number of esters is 1.